The van der Waals surface area contributed by atoms with E-state index < -0.39 is 5.54 Å². The van der Waals surface area contributed by atoms with Crippen LogP contribution >= 0.6 is 11.3 Å². The Morgan fingerprint density at radius 3 is 2.75 bits per heavy atom. The first-order chi connectivity index (χ1) is 9.57. The Morgan fingerprint density at radius 2 is 2.10 bits per heavy atom. The van der Waals surface area contributed by atoms with Gasteiger partial charge in [0, 0.05) is 11.3 Å². The number of hydrogen-bond acceptors (Lipinski definition) is 4. The molecule has 1 heterocycles. The minimum atomic E-state index is -1.06. The first-order valence-corrected chi connectivity index (χ1v) is 7.56. The summed E-state index contributed by atoms with van der Waals surface area (Å²) in [4.78, 5) is 16.8. The normalized spacial score (nSPS) is 17.5. The van der Waals surface area contributed by atoms with E-state index in [1.54, 1.807) is 6.92 Å². The maximum absolute atomic E-state index is 12.4. The van der Waals surface area contributed by atoms with Gasteiger partial charge in [0.15, 0.2) is 5.13 Å². The Bertz CT molecular complexity index is 617. The monoisotopic (exact) mass is 287 g/mol. The molecule has 104 valence electrons. The zero-order valence-corrected chi connectivity index (χ0v) is 12.1. The van der Waals surface area contributed by atoms with Crippen LogP contribution in [0.1, 0.15) is 36.9 Å². The van der Waals surface area contributed by atoms with Crippen molar-refractivity contribution in [1.82, 2.24) is 4.98 Å². The third kappa shape index (κ3) is 2.59. The van der Waals surface area contributed by atoms with Crippen molar-refractivity contribution in [2.45, 2.75) is 31.2 Å². The molecule has 5 heteroatoms. The fourth-order valence-electron chi connectivity index (χ4n) is 2.05. The highest BCUT2D eigenvalue weighted by Gasteiger charge is 2.31. The van der Waals surface area contributed by atoms with Crippen LogP contribution in [0.15, 0.2) is 35.7 Å². The lowest BCUT2D eigenvalue weighted by atomic mass is 9.92. The van der Waals surface area contributed by atoms with Crippen LogP contribution in [0.25, 0.3) is 0 Å². The van der Waals surface area contributed by atoms with Crippen LogP contribution in [0.2, 0.25) is 0 Å². The molecule has 1 aromatic heterocycles. The smallest absolute Gasteiger partial charge is 0.250 e. The Morgan fingerprint density at radius 1 is 1.40 bits per heavy atom. The number of carbonyl (C=O) groups excluding carboxylic acids is 1. The molecule has 0 aliphatic heterocycles. The maximum atomic E-state index is 12.4. The van der Waals surface area contributed by atoms with Gasteiger partial charge in [-0.15, -0.1) is 11.3 Å². The van der Waals surface area contributed by atoms with Crippen molar-refractivity contribution in [3.05, 3.63) is 47.0 Å². The first-order valence-electron chi connectivity index (χ1n) is 6.68. The Labute approximate surface area is 122 Å². The van der Waals surface area contributed by atoms with Gasteiger partial charge in [0.05, 0.1) is 5.69 Å². The van der Waals surface area contributed by atoms with Gasteiger partial charge in [-0.1, -0.05) is 30.3 Å². The third-order valence-corrected chi connectivity index (χ3v) is 4.36. The van der Waals surface area contributed by atoms with Gasteiger partial charge in [-0.25, -0.2) is 4.98 Å². The van der Waals surface area contributed by atoms with E-state index in [0.29, 0.717) is 11.0 Å². The summed E-state index contributed by atoms with van der Waals surface area (Å²) in [5, 5.41) is 5.47. The summed E-state index contributed by atoms with van der Waals surface area (Å²) in [6.45, 7) is 1.72. The summed E-state index contributed by atoms with van der Waals surface area (Å²) in [7, 11) is 0. The Kier molecular flexibility index (Phi) is 3.31. The number of anilines is 1. The number of benzene rings is 1. The van der Waals surface area contributed by atoms with Crippen molar-refractivity contribution in [2.24, 2.45) is 5.73 Å². The average Bonchev–Trinajstić information content (AvgIpc) is 3.20. The van der Waals surface area contributed by atoms with Crippen LogP contribution in [0.3, 0.4) is 0 Å². The van der Waals surface area contributed by atoms with Gasteiger partial charge in [-0.2, -0.15) is 0 Å². The van der Waals surface area contributed by atoms with Crippen LogP contribution in [0.5, 0.6) is 0 Å². The summed E-state index contributed by atoms with van der Waals surface area (Å²) in [6.07, 6.45) is 2.41. The molecule has 0 spiro atoms. The molecular weight excluding hydrogens is 270 g/mol. The molecule has 4 nitrogen and oxygen atoms in total. The molecule has 0 bridgehead atoms. The molecule has 3 N–H and O–H groups in total. The molecule has 0 radical (unpaired) electrons. The van der Waals surface area contributed by atoms with E-state index >= 15 is 0 Å². The van der Waals surface area contributed by atoms with E-state index in [2.05, 4.69) is 10.3 Å². The highest BCUT2D eigenvalue weighted by Crippen LogP contribution is 2.41. The molecule has 1 aliphatic carbocycles. The quantitative estimate of drug-likeness (QED) is 0.908. The fourth-order valence-corrected chi connectivity index (χ4v) is 2.84. The van der Waals surface area contributed by atoms with Gasteiger partial charge in [0.25, 0.3) is 5.91 Å². The molecule has 0 saturated heterocycles. The number of thiazole rings is 1. The summed E-state index contributed by atoms with van der Waals surface area (Å²) in [6, 6.07) is 9.37. The van der Waals surface area contributed by atoms with Gasteiger partial charge in [0.1, 0.15) is 5.54 Å². The maximum Gasteiger partial charge on any atom is 0.250 e. The number of hydrogen-bond donors (Lipinski definition) is 2. The van der Waals surface area contributed by atoms with E-state index in [1.165, 1.54) is 24.2 Å². The van der Waals surface area contributed by atoms with Crippen LogP contribution in [0, 0.1) is 0 Å². The molecule has 2 aromatic rings. The second kappa shape index (κ2) is 5.00. The molecule has 1 saturated carbocycles. The second-order valence-corrected chi connectivity index (χ2v) is 6.23. The molecule has 20 heavy (non-hydrogen) atoms. The van der Waals surface area contributed by atoms with Gasteiger partial charge < -0.3 is 11.1 Å². The number of amides is 1. The Hall–Kier alpha value is -1.72. The SMILES string of the molecule is CC(N)(C(=O)Nc1nc(C2CC2)cs1)c1ccccc1. The highest BCUT2D eigenvalue weighted by atomic mass is 32.1. The topological polar surface area (TPSA) is 68.0 Å². The van der Waals surface area contributed by atoms with E-state index in [9.17, 15) is 4.79 Å². The van der Waals surface area contributed by atoms with E-state index in [-0.39, 0.29) is 5.91 Å². The van der Waals surface area contributed by atoms with Crippen LogP contribution in [-0.2, 0) is 10.3 Å². The summed E-state index contributed by atoms with van der Waals surface area (Å²) in [5.74, 6) is 0.357. The van der Waals surface area contributed by atoms with Gasteiger partial charge >= 0.3 is 0 Å². The predicted molar refractivity (Wildman–Crippen MR) is 80.7 cm³/mol. The molecule has 3 rings (SSSR count). The Balaban J connectivity index is 1.74. The zero-order chi connectivity index (χ0) is 14.2. The van der Waals surface area contributed by atoms with Gasteiger partial charge in [0.2, 0.25) is 0 Å². The third-order valence-electron chi connectivity index (χ3n) is 3.58. The highest BCUT2D eigenvalue weighted by molar-refractivity contribution is 7.14. The number of carbonyl (C=O) groups is 1. The number of aromatic nitrogens is 1. The molecule has 1 amide bonds. The lowest BCUT2D eigenvalue weighted by Crippen LogP contribution is -2.45. The van der Waals surface area contributed by atoms with Crippen LogP contribution in [0.4, 0.5) is 5.13 Å². The summed E-state index contributed by atoms with van der Waals surface area (Å²) >= 11 is 1.46. The summed E-state index contributed by atoms with van der Waals surface area (Å²) in [5.41, 5.74) is 6.99. The minimum absolute atomic E-state index is 0.236. The summed E-state index contributed by atoms with van der Waals surface area (Å²) < 4.78 is 0. The largest absolute Gasteiger partial charge is 0.314 e. The van der Waals surface area contributed by atoms with Crippen molar-refractivity contribution in [1.29, 1.82) is 0 Å². The molecule has 1 fully saturated rings. The van der Waals surface area contributed by atoms with Crippen molar-refractivity contribution >= 4 is 22.4 Å². The van der Waals surface area contributed by atoms with Crippen molar-refractivity contribution in [2.75, 3.05) is 5.32 Å². The molecule has 1 unspecified atom stereocenters. The van der Waals surface area contributed by atoms with Crippen molar-refractivity contribution < 1.29 is 4.79 Å². The average molecular weight is 287 g/mol. The predicted octanol–water partition coefficient (Wildman–Crippen LogP) is 2.83. The van der Waals surface area contributed by atoms with Gasteiger partial charge in [-0.05, 0) is 25.3 Å². The lowest BCUT2D eigenvalue weighted by Gasteiger charge is -2.23. The van der Waals surface area contributed by atoms with E-state index in [1.807, 2.05) is 35.7 Å². The van der Waals surface area contributed by atoms with Crippen molar-refractivity contribution in [3.63, 3.8) is 0 Å². The minimum Gasteiger partial charge on any atom is -0.314 e. The zero-order valence-electron chi connectivity index (χ0n) is 11.3. The number of nitrogens with two attached hydrogens (primary N) is 1. The number of rotatable bonds is 4. The molecule has 1 aromatic carbocycles. The van der Waals surface area contributed by atoms with E-state index in [4.69, 9.17) is 5.73 Å². The van der Waals surface area contributed by atoms with Crippen LogP contribution in [-0.4, -0.2) is 10.9 Å². The van der Waals surface area contributed by atoms with E-state index in [0.717, 1.165) is 11.3 Å². The van der Waals surface area contributed by atoms with Crippen molar-refractivity contribution in [3.8, 4) is 0 Å². The number of nitrogens with one attached hydrogen (secondary N) is 1. The van der Waals surface area contributed by atoms with Crippen LogP contribution < -0.4 is 11.1 Å². The number of nitrogens with zero attached hydrogens (tertiary/aromatic N) is 1. The fraction of sp³-hybridized carbons (Fsp3) is 0.333. The molecular formula is C15H17N3OS. The molecule has 1 atom stereocenters. The molecule has 1 aliphatic rings. The first kappa shape index (κ1) is 13.3. The van der Waals surface area contributed by atoms with Gasteiger partial charge in [-0.3, -0.25) is 4.79 Å². The second-order valence-electron chi connectivity index (χ2n) is 5.37. The lowest BCUT2D eigenvalue weighted by molar-refractivity contribution is -0.120. The standard InChI is InChI=1S/C15H17N3OS/c1-15(16,11-5-3-2-4-6-11)13(19)18-14-17-12(9-20-14)10-7-8-10/h2-6,9-10H,7-8,16H2,1H3,(H,17,18,19).